The molecule has 0 N–H and O–H groups in total. The maximum Gasteiger partial charge on any atom is 0.411 e. The van der Waals surface area contributed by atoms with Crippen LogP contribution in [0.2, 0.25) is 0 Å². The van der Waals surface area contributed by atoms with Crippen LogP contribution in [0.25, 0.3) is 0 Å². The van der Waals surface area contributed by atoms with Crippen molar-refractivity contribution in [1.29, 1.82) is 0 Å². The van der Waals surface area contributed by atoms with Crippen molar-refractivity contribution in [1.82, 2.24) is 4.90 Å². The van der Waals surface area contributed by atoms with E-state index >= 15 is 0 Å². The Morgan fingerprint density at radius 3 is 2.14 bits per heavy atom. The third kappa shape index (κ3) is 2.68. The van der Waals surface area contributed by atoms with E-state index in [0.717, 1.165) is 11.1 Å². The number of cyclic esters (lactones) is 1. The van der Waals surface area contributed by atoms with E-state index in [0.29, 0.717) is 6.61 Å². The van der Waals surface area contributed by atoms with Gasteiger partial charge in [0.25, 0.3) is 0 Å². The lowest BCUT2D eigenvalue weighted by Gasteiger charge is -2.28. The first-order chi connectivity index (χ1) is 10.8. The maximum absolute atomic E-state index is 11.9. The Morgan fingerprint density at radius 2 is 1.64 bits per heavy atom. The van der Waals surface area contributed by atoms with Crippen LogP contribution in [0.1, 0.15) is 17.0 Å². The lowest BCUT2D eigenvalue weighted by atomic mass is 9.85. The molecule has 0 spiro atoms. The lowest BCUT2D eigenvalue weighted by Crippen LogP contribution is -2.38. The van der Waals surface area contributed by atoms with Crippen LogP contribution in [0.4, 0.5) is 4.79 Å². The van der Waals surface area contributed by atoms with Crippen molar-refractivity contribution >= 4 is 6.09 Å². The minimum atomic E-state index is -0.334. The monoisotopic (exact) mass is 291 g/mol. The molecule has 1 fully saturated rings. The molecule has 22 heavy (non-hydrogen) atoms. The number of carbonyl (C=O) groups is 1. The topological polar surface area (TPSA) is 29.5 Å². The number of hydrogen-bond acceptors (Lipinski definition) is 2. The Balaban J connectivity index is 2.03. The number of ether oxygens (including phenoxy) is 1. The van der Waals surface area contributed by atoms with E-state index in [9.17, 15) is 4.79 Å². The molecule has 1 saturated heterocycles. The van der Waals surface area contributed by atoms with Gasteiger partial charge in [0.1, 0.15) is 6.61 Å². The average molecular weight is 291 g/mol. The number of rotatable bonds is 4. The number of benzene rings is 2. The van der Waals surface area contributed by atoms with Gasteiger partial charge in [-0.1, -0.05) is 66.6 Å². The van der Waals surface area contributed by atoms with Crippen molar-refractivity contribution in [2.45, 2.75) is 12.0 Å². The summed E-state index contributed by atoms with van der Waals surface area (Å²) in [6.45, 7) is 0.620. The van der Waals surface area contributed by atoms with E-state index in [1.165, 1.54) is 0 Å². The SMILES string of the molecule is C#CCN1C(=O)OCC1C(c1ccccc1)c1ccccc1. The number of amides is 1. The summed E-state index contributed by atoms with van der Waals surface area (Å²) >= 11 is 0. The Labute approximate surface area is 130 Å². The molecule has 0 radical (unpaired) electrons. The molecule has 0 bridgehead atoms. The van der Waals surface area contributed by atoms with Gasteiger partial charge in [0, 0.05) is 5.92 Å². The van der Waals surface area contributed by atoms with Gasteiger partial charge in [-0.15, -0.1) is 6.42 Å². The van der Waals surface area contributed by atoms with Crippen LogP contribution in [0.3, 0.4) is 0 Å². The van der Waals surface area contributed by atoms with Gasteiger partial charge in [-0.3, -0.25) is 4.90 Å². The molecule has 3 heteroatoms. The van der Waals surface area contributed by atoms with Gasteiger partial charge in [0.2, 0.25) is 0 Å². The summed E-state index contributed by atoms with van der Waals surface area (Å²) in [5, 5.41) is 0. The molecular weight excluding hydrogens is 274 g/mol. The largest absolute Gasteiger partial charge is 0.447 e. The highest BCUT2D eigenvalue weighted by molar-refractivity contribution is 5.71. The lowest BCUT2D eigenvalue weighted by molar-refractivity contribution is 0.160. The predicted molar refractivity (Wildman–Crippen MR) is 85.4 cm³/mol. The van der Waals surface area contributed by atoms with Crippen molar-refractivity contribution in [3.05, 3.63) is 71.8 Å². The molecule has 2 aromatic rings. The standard InChI is InChI=1S/C19H17NO2/c1-2-13-20-17(14-22-19(20)21)18(15-9-5-3-6-10-15)16-11-7-4-8-12-16/h1,3-12,17-18H,13-14H2. The molecule has 3 rings (SSSR count). The number of terminal acetylenes is 1. The Morgan fingerprint density at radius 1 is 1.09 bits per heavy atom. The summed E-state index contributed by atoms with van der Waals surface area (Å²) in [6.07, 6.45) is 5.08. The van der Waals surface area contributed by atoms with Crippen molar-refractivity contribution in [2.24, 2.45) is 0 Å². The predicted octanol–water partition coefficient (Wildman–Crippen LogP) is 3.27. The molecule has 1 aliphatic heterocycles. The van der Waals surface area contributed by atoms with Crippen LogP contribution in [0.5, 0.6) is 0 Å². The molecule has 1 atom stereocenters. The molecular formula is C19H17NO2. The second-order valence-electron chi connectivity index (χ2n) is 5.28. The highest BCUT2D eigenvalue weighted by Gasteiger charge is 2.39. The van der Waals surface area contributed by atoms with E-state index < -0.39 is 0 Å². The zero-order valence-corrected chi connectivity index (χ0v) is 12.2. The highest BCUT2D eigenvalue weighted by Crippen LogP contribution is 2.33. The maximum atomic E-state index is 11.9. The smallest absolute Gasteiger partial charge is 0.411 e. The molecule has 1 unspecified atom stereocenters. The van der Waals surface area contributed by atoms with Gasteiger partial charge >= 0.3 is 6.09 Å². The summed E-state index contributed by atoms with van der Waals surface area (Å²) in [4.78, 5) is 13.6. The first-order valence-electron chi connectivity index (χ1n) is 7.28. The molecule has 0 saturated carbocycles. The van der Waals surface area contributed by atoms with Gasteiger partial charge in [-0.2, -0.15) is 0 Å². The first kappa shape index (κ1) is 14.2. The Bertz CT molecular complexity index is 636. The van der Waals surface area contributed by atoms with Crippen molar-refractivity contribution in [2.75, 3.05) is 13.2 Å². The summed E-state index contributed by atoms with van der Waals surface area (Å²) < 4.78 is 5.25. The van der Waals surface area contributed by atoms with Crippen molar-refractivity contribution in [3.63, 3.8) is 0 Å². The minimum absolute atomic E-state index is 0.0437. The van der Waals surface area contributed by atoms with E-state index in [2.05, 4.69) is 30.2 Å². The van der Waals surface area contributed by atoms with Crippen LogP contribution in [0, 0.1) is 12.3 Å². The van der Waals surface area contributed by atoms with Crippen molar-refractivity contribution < 1.29 is 9.53 Å². The van der Waals surface area contributed by atoms with Crippen LogP contribution >= 0.6 is 0 Å². The van der Waals surface area contributed by atoms with Crippen LogP contribution in [-0.2, 0) is 4.74 Å². The second-order valence-corrected chi connectivity index (χ2v) is 5.28. The molecule has 1 amide bonds. The summed E-state index contributed by atoms with van der Waals surface area (Å²) in [6, 6.07) is 20.2. The first-order valence-corrected chi connectivity index (χ1v) is 7.28. The number of carbonyl (C=O) groups excluding carboxylic acids is 1. The zero-order valence-electron chi connectivity index (χ0n) is 12.2. The van der Waals surface area contributed by atoms with Gasteiger partial charge in [-0.05, 0) is 11.1 Å². The fourth-order valence-electron chi connectivity index (χ4n) is 2.98. The van der Waals surface area contributed by atoms with E-state index in [1.807, 2.05) is 36.4 Å². The highest BCUT2D eigenvalue weighted by atomic mass is 16.6. The van der Waals surface area contributed by atoms with Crippen molar-refractivity contribution in [3.8, 4) is 12.3 Å². The molecule has 110 valence electrons. The van der Waals surface area contributed by atoms with Gasteiger partial charge < -0.3 is 4.74 Å². The summed E-state index contributed by atoms with van der Waals surface area (Å²) in [5.74, 6) is 2.60. The van der Waals surface area contributed by atoms with Gasteiger partial charge in [-0.25, -0.2) is 4.79 Å². The summed E-state index contributed by atoms with van der Waals surface area (Å²) in [7, 11) is 0. The Kier molecular flexibility index (Phi) is 4.11. The third-order valence-corrected chi connectivity index (χ3v) is 3.98. The second kappa shape index (κ2) is 6.36. The molecule has 2 aromatic carbocycles. The quantitative estimate of drug-likeness (QED) is 0.809. The third-order valence-electron chi connectivity index (χ3n) is 3.98. The van der Waals surface area contributed by atoms with Gasteiger partial charge in [0.05, 0.1) is 12.6 Å². The van der Waals surface area contributed by atoms with Crippen LogP contribution in [-0.4, -0.2) is 30.2 Å². The van der Waals surface area contributed by atoms with Crippen LogP contribution in [0.15, 0.2) is 60.7 Å². The number of hydrogen-bond donors (Lipinski definition) is 0. The molecule has 3 nitrogen and oxygen atoms in total. The normalized spacial score (nSPS) is 17.4. The minimum Gasteiger partial charge on any atom is -0.447 e. The van der Waals surface area contributed by atoms with Gasteiger partial charge in [0.15, 0.2) is 0 Å². The molecule has 0 aromatic heterocycles. The van der Waals surface area contributed by atoms with E-state index in [1.54, 1.807) is 4.90 Å². The fraction of sp³-hybridized carbons (Fsp3) is 0.211. The zero-order chi connectivity index (χ0) is 15.4. The molecule has 1 aliphatic rings. The van der Waals surface area contributed by atoms with E-state index in [4.69, 9.17) is 11.2 Å². The Hall–Kier alpha value is -2.73. The number of nitrogens with zero attached hydrogens (tertiary/aromatic N) is 1. The fourth-order valence-corrected chi connectivity index (χ4v) is 2.98. The van der Waals surface area contributed by atoms with E-state index in [-0.39, 0.29) is 24.6 Å². The molecule has 0 aliphatic carbocycles. The average Bonchev–Trinajstić information content (AvgIpc) is 2.92. The molecule has 1 heterocycles. The summed E-state index contributed by atoms with van der Waals surface area (Å²) in [5.41, 5.74) is 2.30. The van der Waals surface area contributed by atoms with Crippen LogP contribution < -0.4 is 0 Å².